The van der Waals surface area contributed by atoms with Gasteiger partial charge in [0.05, 0.1) is 5.52 Å². The van der Waals surface area contributed by atoms with E-state index in [-0.39, 0.29) is 18.4 Å². The molecule has 1 N–H and O–H groups in total. The van der Waals surface area contributed by atoms with Gasteiger partial charge < -0.3 is 10.2 Å². The lowest BCUT2D eigenvalue weighted by Gasteiger charge is -2.35. The van der Waals surface area contributed by atoms with E-state index in [1.54, 1.807) is 22.0 Å². The van der Waals surface area contributed by atoms with Crippen LogP contribution in [0.1, 0.15) is 70.9 Å². The zero-order valence-corrected chi connectivity index (χ0v) is 21.5. The maximum atomic E-state index is 13.9. The SMILES string of the molecule is CCC(C)(C)NC(=O)[C@@H](c1ccncc1)N(CCC1=CCCCC1)C(=O)Cn1nnc2ccccc21. The van der Waals surface area contributed by atoms with E-state index in [0.29, 0.717) is 6.54 Å². The average Bonchev–Trinajstić information content (AvgIpc) is 3.30. The van der Waals surface area contributed by atoms with Crippen LogP contribution in [0.2, 0.25) is 0 Å². The maximum absolute atomic E-state index is 13.9. The number of aromatic nitrogens is 4. The van der Waals surface area contributed by atoms with Crippen LogP contribution in [0.25, 0.3) is 11.0 Å². The second-order valence-corrected chi connectivity index (χ2v) is 10.1. The predicted molar refractivity (Wildman–Crippen MR) is 140 cm³/mol. The van der Waals surface area contributed by atoms with Crippen LogP contribution in [-0.2, 0) is 16.1 Å². The van der Waals surface area contributed by atoms with Gasteiger partial charge >= 0.3 is 0 Å². The molecular weight excluding hydrogens is 452 g/mol. The molecule has 1 atom stereocenters. The van der Waals surface area contributed by atoms with Crippen molar-refractivity contribution in [3.05, 3.63) is 66.0 Å². The third kappa shape index (κ3) is 6.17. The number of nitrogens with one attached hydrogen (secondary N) is 1. The van der Waals surface area contributed by atoms with Crippen LogP contribution in [0.3, 0.4) is 0 Å². The van der Waals surface area contributed by atoms with Crippen molar-refractivity contribution >= 4 is 22.8 Å². The second-order valence-electron chi connectivity index (χ2n) is 10.1. The van der Waals surface area contributed by atoms with E-state index >= 15 is 0 Å². The lowest BCUT2D eigenvalue weighted by atomic mass is 9.96. The van der Waals surface area contributed by atoms with Crippen molar-refractivity contribution in [3.8, 4) is 0 Å². The molecular formula is C28H36N6O2. The summed E-state index contributed by atoms with van der Waals surface area (Å²) in [5.74, 6) is -0.365. The Balaban J connectivity index is 1.68. The smallest absolute Gasteiger partial charge is 0.247 e. The minimum absolute atomic E-state index is 0.00555. The van der Waals surface area contributed by atoms with Gasteiger partial charge in [-0.15, -0.1) is 5.10 Å². The van der Waals surface area contributed by atoms with Gasteiger partial charge in [0.1, 0.15) is 18.1 Å². The van der Waals surface area contributed by atoms with E-state index in [4.69, 9.17) is 0 Å². The van der Waals surface area contributed by atoms with Gasteiger partial charge in [0.15, 0.2) is 0 Å². The molecule has 0 radical (unpaired) electrons. The molecule has 1 aliphatic rings. The van der Waals surface area contributed by atoms with Gasteiger partial charge in [0.2, 0.25) is 11.8 Å². The molecule has 1 aromatic carbocycles. The van der Waals surface area contributed by atoms with Crippen LogP contribution >= 0.6 is 0 Å². The minimum atomic E-state index is -0.773. The quantitative estimate of drug-likeness (QED) is 0.421. The fourth-order valence-corrected chi connectivity index (χ4v) is 4.56. The number of amides is 2. The first-order valence-corrected chi connectivity index (χ1v) is 12.9. The molecule has 0 unspecified atom stereocenters. The second kappa shape index (κ2) is 11.5. The molecule has 3 aromatic rings. The van der Waals surface area contributed by atoms with Gasteiger partial charge in [-0.25, -0.2) is 4.68 Å². The fraction of sp³-hybridized carbons (Fsp3) is 0.464. The van der Waals surface area contributed by atoms with E-state index in [9.17, 15) is 9.59 Å². The molecule has 4 rings (SSSR count). The lowest BCUT2D eigenvalue weighted by Crippen LogP contribution is -2.51. The number of hydrogen-bond acceptors (Lipinski definition) is 5. The molecule has 2 amide bonds. The monoisotopic (exact) mass is 488 g/mol. The van der Waals surface area contributed by atoms with E-state index in [1.807, 2.05) is 57.2 Å². The van der Waals surface area contributed by atoms with Gasteiger partial charge in [0, 0.05) is 24.5 Å². The third-order valence-corrected chi connectivity index (χ3v) is 7.01. The summed E-state index contributed by atoms with van der Waals surface area (Å²) in [6.07, 6.45) is 11.6. The summed E-state index contributed by atoms with van der Waals surface area (Å²) < 4.78 is 1.61. The minimum Gasteiger partial charge on any atom is -0.349 e. The Morgan fingerprint density at radius 1 is 1.14 bits per heavy atom. The van der Waals surface area contributed by atoms with Gasteiger partial charge in [0.25, 0.3) is 0 Å². The number of para-hydroxylation sites is 1. The Kier molecular flexibility index (Phi) is 8.13. The highest BCUT2D eigenvalue weighted by molar-refractivity contribution is 5.89. The van der Waals surface area contributed by atoms with E-state index in [1.165, 1.54) is 18.4 Å². The predicted octanol–water partition coefficient (Wildman–Crippen LogP) is 4.59. The molecule has 8 heteroatoms. The molecule has 0 saturated carbocycles. The Bertz CT molecular complexity index is 1220. The topological polar surface area (TPSA) is 93.0 Å². The molecule has 2 heterocycles. The molecule has 0 bridgehead atoms. The number of carbonyl (C=O) groups excluding carboxylic acids is 2. The van der Waals surface area contributed by atoms with Crippen molar-refractivity contribution in [1.82, 2.24) is 30.2 Å². The highest BCUT2D eigenvalue weighted by Gasteiger charge is 2.34. The van der Waals surface area contributed by atoms with Crippen molar-refractivity contribution in [2.75, 3.05) is 6.54 Å². The van der Waals surface area contributed by atoms with Crippen LogP contribution in [0.5, 0.6) is 0 Å². The summed E-state index contributed by atoms with van der Waals surface area (Å²) in [5, 5.41) is 11.6. The number of pyridine rings is 1. The molecule has 190 valence electrons. The Morgan fingerprint density at radius 2 is 1.92 bits per heavy atom. The van der Waals surface area contributed by atoms with Crippen LogP contribution in [0.4, 0.5) is 0 Å². The summed E-state index contributed by atoms with van der Waals surface area (Å²) in [5.41, 5.74) is 3.22. The van der Waals surface area contributed by atoms with Crippen molar-refractivity contribution in [1.29, 1.82) is 0 Å². The van der Waals surface area contributed by atoms with Crippen LogP contribution in [0, 0.1) is 0 Å². The number of carbonyl (C=O) groups is 2. The summed E-state index contributed by atoms with van der Waals surface area (Å²) in [6.45, 7) is 6.48. The molecule has 8 nitrogen and oxygen atoms in total. The number of benzene rings is 1. The summed E-state index contributed by atoms with van der Waals surface area (Å²) in [4.78, 5) is 33.5. The first-order valence-electron chi connectivity index (χ1n) is 12.9. The Hall–Kier alpha value is -3.55. The molecule has 0 saturated heterocycles. The number of hydrogen-bond donors (Lipinski definition) is 1. The molecule has 0 spiro atoms. The molecule has 0 fully saturated rings. The van der Waals surface area contributed by atoms with E-state index in [2.05, 4.69) is 26.7 Å². The highest BCUT2D eigenvalue weighted by Crippen LogP contribution is 2.27. The molecule has 2 aromatic heterocycles. The van der Waals surface area contributed by atoms with Crippen LogP contribution in [-0.4, -0.2) is 48.8 Å². The van der Waals surface area contributed by atoms with Gasteiger partial charge in [-0.05, 0) is 82.2 Å². The third-order valence-electron chi connectivity index (χ3n) is 7.01. The van der Waals surface area contributed by atoms with Crippen LogP contribution in [0.15, 0.2) is 60.4 Å². The normalized spacial score (nSPS) is 14.8. The maximum Gasteiger partial charge on any atom is 0.247 e. The lowest BCUT2D eigenvalue weighted by molar-refractivity contribution is -0.142. The number of nitrogens with zero attached hydrogens (tertiary/aromatic N) is 5. The summed E-state index contributed by atoms with van der Waals surface area (Å²) in [6, 6.07) is 10.4. The standard InChI is InChI=1S/C28H36N6O2/c1-4-28(2,3)30-27(36)26(22-14-17-29-18-15-22)33(19-16-21-10-6-5-7-11-21)25(35)20-34-24-13-9-8-12-23(24)31-32-34/h8-10,12-15,17-18,26H,4-7,11,16,19-20H2,1-3H3,(H,30,36)/t26-/m1/s1. The Morgan fingerprint density at radius 3 is 2.64 bits per heavy atom. The van der Waals surface area contributed by atoms with E-state index in [0.717, 1.165) is 42.3 Å². The number of fused-ring (bicyclic) bond motifs is 1. The zero-order valence-electron chi connectivity index (χ0n) is 21.5. The number of rotatable bonds is 10. The van der Waals surface area contributed by atoms with Crippen molar-refractivity contribution in [2.45, 2.75) is 77.4 Å². The first-order chi connectivity index (χ1) is 17.4. The van der Waals surface area contributed by atoms with E-state index < -0.39 is 11.6 Å². The van der Waals surface area contributed by atoms with Gasteiger partial charge in [-0.3, -0.25) is 14.6 Å². The largest absolute Gasteiger partial charge is 0.349 e. The van der Waals surface area contributed by atoms with Crippen molar-refractivity contribution in [2.24, 2.45) is 0 Å². The molecule has 36 heavy (non-hydrogen) atoms. The first kappa shape index (κ1) is 25.5. The van der Waals surface area contributed by atoms with Gasteiger partial charge in [-0.1, -0.05) is 35.9 Å². The summed E-state index contributed by atoms with van der Waals surface area (Å²) in [7, 11) is 0. The van der Waals surface area contributed by atoms with Crippen LogP contribution < -0.4 is 5.32 Å². The average molecular weight is 489 g/mol. The zero-order chi connectivity index (χ0) is 25.5. The molecule has 0 aliphatic heterocycles. The molecule has 1 aliphatic carbocycles. The number of allylic oxidation sites excluding steroid dienone is 1. The van der Waals surface area contributed by atoms with Crippen molar-refractivity contribution in [3.63, 3.8) is 0 Å². The van der Waals surface area contributed by atoms with Gasteiger partial charge in [-0.2, -0.15) is 0 Å². The Labute approximate surface area is 212 Å². The fourth-order valence-electron chi connectivity index (χ4n) is 4.56. The van der Waals surface area contributed by atoms with Crippen molar-refractivity contribution < 1.29 is 9.59 Å². The summed E-state index contributed by atoms with van der Waals surface area (Å²) >= 11 is 0. The highest BCUT2D eigenvalue weighted by atomic mass is 16.2.